The molecule has 3 aromatic carbocycles. The van der Waals surface area contributed by atoms with Crippen LogP contribution in [0, 0.1) is 21.7 Å². The lowest BCUT2D eigenvalue weighted by molar-refractivity contribution is -0.384. The molecule has 0 fully saturated rings. The second-order valence-electron chi connectivity index (χ2n) is 6.40. The first-order chi connectivity index (χ1) is 13.3. The largest absolute Gasteiger partial charge is 0.300 e. The van der Waals surface area contributed by atoms with Gasteiger partial charge in [-0.3, -0.25) is 15.4 Å². The summed E-state index contributed by atoms with van der Waals surface area (Å²) in [5, 5.41) is 15.1. The van der Waals surface area contributed by atoms with Gasteiger partial charge in [0.15, 0.2) is 11.6 Å². The molecule has 0 radical (unpaired) electrons. The van der Waals surface area contributed by atoms with Gasteiger partial charge in [0.05, 0.1) is 11.0 Å². The summed E-state index contributed by atoms with van der Waals surface area (Å²) in [6.07, 6.45) is 0. The zero-order valence-electron chi connectivity index (χ0n) is 14.9. The van der Waals surface area contributed by atoms with E-state index in [0.29, 0.717) is 16.1 Å². The van der Waals surface area contributed by atoms with Crippen molar-refractivity contribution < 1.29 is 13.7 Å². The molecular formula is C21H17ClF2N2O2. The van der Waals surface area contributed by atoms with Crippen LogP contribution in [-0.2, 0) is 0 Å². The summed E-state index contributed by atoms with van der Waals surface area (Å²) in [6, 6.07) is 16.3. The van der Waals surface area contributed by atoms with E-state index >= 15 is 0 Å². The van der Waals surface area contributed by atoms with Crippen molar-refractivity contribution >= 4 is 17.3 Å². The Labute approximate surface area is 165 Å². The number of benzene rings is 3. The van der Waals surface area contributed by atoms with Gasteiger partial charge in [-0.15, -0.1) is 0 Å². The third-order valence-corrected chi connectivity index (χ3v) is 4.73. The van der Waals surface area contributed by atoms with Gasteiger partial charge >= 0.3 is 0 Å². The fraction of sp³-hybridized carbons (Fsp3) is 0.143. The van der Waals surface area contributed by atoms with Crippen molar-refractivity contribution in [3.63, 3.8) is 0 Å². The molecule has 0 bridgehead atoms. The van der Waals surface area contributed by atoms with E-state index in [1.54, 1.807) is 24.3 Å². The molecule has 1 unspecified atom stereocenters. The van der Waals surface area contributed by atoms with Gasteiger partial charge in [-0.2, -0.15) is 0 Å². The van der Waals surface area contributed by atoms with Crippen LogP contribution in [0.2, 0.25) is 5.02 Å². The maximum atomic E-state index is 13.6. The molecule has 0 amide bonds. The van der Waals surface area contributed by atoms with Crippen LogP contribution in [0.1, 0.15) is 35.7 Å². The zero-order valence-corrected chi connectivity index (χ0v) is 15.7. The van der Waals surface area contributed by atoms with Gasteiger partial charge in [0.25, 0.3) is 5.69 Å². The van der Waals surface area contributed by atoms with Crippen molar-refractivity contribution in [2.45, 2.75) is 19.0 Å². The van der Waals surface area contributed by atoms with Crippen LogP contribution in [-0.4, -0.2) is 4.92 Å². The number of nitrogens with zero attached hydrogens (tertiary/aromatic N) is 1. The molecule has 1 N–H and O–H groups in total. The molecule has 0 aliphatic heterocycles. The first-order valence-electron chi connectivity index (χ1n) is 8.56. The smallest absolute Gasteiger partial charge is 0.269 e. The summed E-state index contributed by atoms with van der Waals surface area (Å²) in [5.74, 6) is -1.84. The first kappa shape index (κ1) is 19.9. The van der Waals surface area contributed by atoms with Crippen molar-refractivity contribution in [1.29, 1.82) is 0 Å². The van der Waals surface area contributed by atoms with Crippen LogP contribution in [0.5, 0.6) is 0 Å². The lowest BCUT2D eigenvalue weighted by Gasteiger charge is -2.25. The Morgan fingerprint density at radius 3 is 2.25 bits per heavy atom. The molecule has 0 saturated heterocycles. The summed E-state index contributed by atoms with van der Waals surface area (Å²) in [5.41, 5.74) is 2.03. The molecular weight excluding hydrogens is 386 g/mol. The number of non-ortho nitro benzene ring substituents is 1. The third kappa shape index (κ3) is 4.52. The number of halogens is 3. The maximum absolute atomic E-state index is 13.6. The molecule has 144 valence electrons. The van der Waals surface area contributed by atoms with E-state index in [4.69, 9.17) is 11.6 Å². The number of hydrogen-bond acceptors (Lipinski definition) is 3. The lowest BCUT2D eigenvalue weighted by atomic mass is 9.96. The second kappa shape index (κ2) is 8.46. The normalized spacial score (nSPS) is 13.1. The van der Waals surface area contributed by atoms with Gasteiger partial charge in [0, 0.05) is 23.2 Å². The Kier molecular flexibility index (Phi) is 6.02. The van der Waals surface area contributed by atoms with Crippen molar-refractivity contribution in [2.24, 2.45) is 0 Å². The highest BCUT2D eigenvalue weighted by atomic mass is 35.5. The summed E-state index contributed by atoms with van der Waals surface area (Å²) < 4.78 is 26.9. The predicted molar refractivity (Wildman–Crippen MR) is 104 cm³/mol. The van der Waals surface area contributed by atoms with Gasteiger partial charge < -0.3 is 0 Å². The summed E-state index contributed by atoms with van der Waals surface area (Å²) >= 11 is 5.98. The fourth-order valence-electron chi connectivity index (χ4n) is 2.99. The number of nitro benzene ring substituents is 1. The Balaban J connectivity index is 1.98. The van der Waals surface area contributed by atoms with Crippen molar-refractivity contribution in [2.75, 3.05) is 0 Å². The molecule has 0 aliphatic carbocycles. The second-order valence-corrected chi connectivity index (χ2v) is 6.83. The van der Waals surface area contributed by atoms with Crippen molar-refractivity contribution in [1.82, 2.24) is 5.32 Å². The van der Waals surface area contributed by atoms with Crippen molar-refractivity contribution in [3.05, 3.63) is 110 Å². The van der Waals surface area contributed by atoms with Gasteiger partial charge in [-0.25, -0.2) is 8.78 Å². The average Bonchev–Trinajstić information content (AvgIpc) is 2.69. The van der Waals surface area contributed by atoms with Gasteiger partial charge in [0.2, 0.25) is 0 Å². The van der Waals surface area contributed by atoms with E-state index < -0.39 is 22.6 Å². The van der Waals surface area contributed by atoms with Gasteiger partial charge in [-0.05, 0) is 47.9 Å². The van der Waals surface area contributed by atoms with Crippen molar-refractivity contribution in [3.8, 4) is 0 Å². The fourth-order valence-corrected chi connectivity index (χ4v) is 3.11. The molecule has 0 heterocycles. The van der Waals surface area contributed by atoms with E-state index in [-0.39, 0.29) is 11.7 Å². The van der Waals surface area contributed by atoms with Crippen LogP contribution in [0.25, 0.3) is 0 Å². The van der Waals surface area contributed by atoms with E-state index in [1.165, 1.54) is 18.2 Å². The molecule has 28 heavy (non-hydrogen) atoms. The predicted octanol–water partition coefficient (Wildman–Crippen LogP) is 5.97. The molecule has 0 aromatic heterocycles. The Morgan fingerprint density at radius 1 is 0.929 bits per heavy atom. The summed E-state index contributed by atoms with van der Waals surface area (Å²) in [4.78, 5) is 10.7. The van der Waals surface area contributed by atoms with E-state index in [0.717, 1.165) is 17.7 Å². The third-order valence-electron chi connectivity index (χ3n) is 4.48. The minimum Gasteiger partial charge on any atom is -0.300 e. The quantitative estimate of drug-likeness (QED) is 0.408. The lowest BCUT2D eigenvalue weighted by Crippen LogP contribution is -2.26. The average molecular weight is 403 g/mol. The number of hydrogen-bond donors (Lipinski definition) is 1. The van der Waals surface area contributed by atoms with E-state index in [2.05, 4.69) is 5.32 Å². The molecule has 0 aliphatic rings. The first-order valence-corrected chi connectivity index (χ1v) is 8.94. The van der Waals surface area contributed by atoms with Crippen LogP contribution in [0.4, 0.5) is 14.5 Å². The molecule has 3 rings (SSSR count). The number of nitrogens with one attached hydrogen (secondary N) is 1. The molecule has 0 saturated carbocycles. The highest BCUT2D eigenvalue weighted by Gasteiger charge is 2.20. The highest BCUT2D eigenvalue weighted by molar-refractivity contribution is 6.30. The SMILES string of the molecule is C[C@@H](NC(c1ccc(Cl)cc1)c1cccc([N+](=O)[O-])c1)c1ccc(F)c(F)c1. The van der Waals surface area contributed by atoms with Crippen LogP contribution in [0.15, 0.2) is 66.7 Å². The highest BCUT2D eigenvalue weighted by Crippen LogP contribution is 2.29. The molecule has 4 nitrogen and oxygen atoms in total. The van der Waals surface area contributed by atoms with Crippen LogP contribution >= 0.6 is 11.6 Å². The van der Waals surface area contributed by atoms with Crippen LogP contribution < -0.4 is 5.32 Å². The van der Waals surface area contributed by atoms with Gasteiger partial charge in [0.1, 0.15) is 0 Å². The zero-order chi connectivity index (χ0) is 20.3. The minimum absolute atomic E-state index is 0.0289. The standard InChI is InChI=1S/C21H17ClF2N2O2/c1-13(15-7-10-19(23)20(24)12-15)25-21(14-5-8-17(22)9-6-14)16-3-2-4-18(11-16)26(27)28/h2-13,21,25H,1H3/t13-,21?/m1/s1. The Hall–Kier alpha value is -2.83. The Morgan fingerprint density at radius 2 is 1.61 bits per heavy atom. The topological polar surface area (TPSA) is 55.2 Å². The monoisotopic (exact) mass is 402 g/mol. The number of rotatable bonds is 6. The molecule has 3 aromatic rings. The summed E-state index contributed by atoms with van der Waals surface area (Å²) in [6.45, 7) is 1.81. The van der Waals surface area contributed by atoms with E-state index in [1.807, 2.05) is 19.1 Å². The van der Waals surface area contributed by atoms with Crippen LogP contribution in [0.3, 0.4) is 0 Å². The van der Waals surface area contributed by atoms with E-state index in [9.17, 15) is 18.9 Å². The summed E-state index contributed by atoms with van der Waals surface area (Å²) in [7, 11) is 0. The molecule has 2 atom stereocenters. The molecule has 7 heteroatoms. The Bertz CT molecular complexity index is 996. The number of nitro groups is 1. The minimum atomic E-state index is -0.926. The molecule has 0 spiro atoms. The maximum Gasteiger partial charge on any atom is 0.269 e. The van der Waals surface area contributed by atoms with Gasteiger partial charge in [-0.1, -0.05) is 41.9 Å².